The monoisotopic (exact) mass is 298 g/mol. The van der Waals surface area contributed by atoms with Gasteiger partial charge in [-0.1, -0.05) is 0 Å². The van der Waals surface area contributed by atoms with Gasteiger partial charge >= 0.3 is 0 Å². The summed E-state index contributed by atoms with van der Waals surface area (Å²) in [5.74, 6) is -0.524. The number of hydrogen-bond acceptors (Lipinski definition) is 4. The lowest BCUT2D eigenvalue weighted by Crippen LogP contribution is -2.20. The van der Waals surface area contributed by atoms with E-state index in [0.717, 1.165) is 37.1 Å². The Morgan fingerprint density at radius 3 is 2.95 bits per heavy atom. The maximum atomic E-state index is 14.0. The molecule has 4 heterocycles. The van der Waals surface area contributed by atoms with E-state index in [1.807, 2.05) is 4.57 Å². The molecular formula is C16H15FN4O. The summed E-state index contributed by atoms with van der Waals surface area (Å²) in [5.41, 5.74) is 2.66. The summed E-state index contributed by atoms with van der Waals surface area (Å²) >= 11 is 0. The normalized spacial score (nSPS) is 18.7. The highest BCUT2D eigenvalue weighted by Crippen LogP contribution is 2.35. The van der Waals surface area contributed by atoms with Gasteiger partial charge in [-0.3, -0.25) is 4.98 Å². The van der Waals surface area contributed by atoms with Crippen molar-refractivity contribution in [3.05, 3.63) is 43.0 Å². The molecule has 1 aromatic heterocycles. The average molecular weight is 298 g/mol. The van der Waals surface area contributed by atoms with E-state index in [9.17, 15) is 4.39 Å². The van der Waals surface area contributed by atoms with Gasteiger partial charge in [0.15, 0.2) is 0 Å². The maximum Gasteiger partial charge on any atom is 0.222 e. The van der Waals surface area contributed by atoms with Crippen LogP contribution < -0.4 is 0 Å². The quantitative estimate of drug-likeness (QED) is 0.681. The topological polar surface area (TPSA) is 52.8 Å². The van der Waals surface area contributed by atoms with Gasteiger partial charge in [0.2, 0.25) is 5.95 Å². The van der Waals surface area contributed by atoms with Crippen LogP contribution in [0.3, 0.4) is 0 Å². The highest BCUT2D eigenvalue weighted by molar-refractivity contribution is 5.79. The summed E-state index contributed by atoms with van der Waals surface area (Å²) in [6, 6.07) is 3.38. The number of halogens is 1. The summed E-state index contributed by atoms with van der Waals surface area (Å²) in [5, 5.41) is 0. The average Bonchev–Trinajstić information content (AvgIpc) is 3.05. The van der Waals surface area contributed by atoms with E-state index in [2.05, 4.69) is 15.0 Å². The molecule has 4 rings (SSSR count). The number of pyridine rings is 1. The molecule has 0 aromatic carbocycles. The third-order valence-corrected chi connectivity index (χ3v) is 4.00. The zero-order valence-corrected chi connectivity index (χ0v) is 11.9. The molecule has 1 atom stereocenters. The molecule has 3 aliphatic rings. The number of rotatable bonds is 2. The van der Waals surface area contributed by atoms with Crippen molar-refractivity contribution in [2.75, 3.05) is 6.61 Å². The van der Waals surface area contributed by atoms with Gasteiger partial charge in [-0.05, 0) is 31.4 Å². The van der Waals surface area contributed by atoms with Crippen LogP contribution in [0.2, 0.25) is 0 Å². The van der Waals surface area contributed by atoms with E-state index in [0.29, 0.717) is 11.3 Å². The maximum absolute atomic E-state index is 14.0. The molecule has 5 nitrogen and oxygen atoms in total. The smallest absolute Gasteiger partial charge is 0.222 e. The van der Waals surface area contributed by atoms with E-state index in [1.54, 1.807) is 30.9 Å². The predicted molar refractivity (Wildman–Crippen MR) is 78.7 cm³/mol. The van der Waals surface area contributed by atoms with Gasteiger partial charge in [0.25, 0.3) is 0 Å². The highest BCUT2D eigenvalue weighted by Gasteiger charge is 2.23. The first-order valence-corrected chi connectivity index (χ1v) is 7.37. The highest BCUT2D eigenvalue weighted by atomic mass is 19.1. The SMILES string of the molecule is Fc1ncccc1-c1ncn(C2CCCCO2)c2cncc1-2. The minimum Gasteiger partial charge on any atom is -0.358 e. The number of ether oxygens (including phenoxy) is 1. The van der Waals surface area contributed by atoms with E-state index in [-0.39, 0.29) is 6.23 Å². The van der Waals surface area contributed by atoms with Crippen LogP contribution in [0.4, 0.5) is 4.39 Å². The Kier molecular flexibility index (Phi) is 3.31. The van der Waals surface area contributed by atoms with Gasteiger partial charge < -0.3 is 9.30 Å². The van der Waals surface area contributed by atoms with Crippen molar-refractivity contribution >= 4 is 0 Å². The van der Waals surface area contributed by atoms with Gasteiger partial charge in [0.05, 0.1) is 29.5 Å². The Hall–Kier alpha value is -2.34. The standard InChI is InChI=1S/C16H15FN4O/c17-16-11(4-3-6-19-16)15-12-8-18-9-13(12)21(10-20-15)14-5-1-2-7-22-14/h3-4,6,8-10,14H,1-2,5,7H2. The van der Waals surface area contributed by atoms with E-state index < -0.39 is 5.95 Å². The molecule has 22 heavy (non-hydrogen) atoms. The van der Waals surface area contributed by atoms with E-state index in [4.69, 9.17) is 4.74 Å². The van der Waals surface area contributed by atoms with Crippen molar-refractivity contribution < 1.29 is 9.13 Å². The second-order valence-corrected chi connectivity index (χ2v) is 5.37. The molecule has 3 aliphatic heterocycles. The number of fused-ring (bicyclic) bond motifs is 1. The summed E-state index contributed by atoms with van der Waals surface area (Å²) < 4.78 is 21.8. The molecule has 0 N–H and O–H groups in total. The lowest BCUT2D eigenvalue weighted by molar-refractivity contribution is -0.0317. The van der Waals surface area contributed by atoms with Crippen molar-refractivity contribution in [2.24, 2.45) is 0 Å². The molecule has 6 heteroatoms. The molecular weight excluding hydrogens is 283 g/mol. The Bertz CT molecular complexity index is 767. The lowest BCUT2D eigenvalue weighted by Gasteiger charge is -2.27. The Balaban J connectivity index is 1.83. The summed E-state index contributed by atoms with van der Waals surface area (Å²) in [6.45, 7) is 0.756. The van der Waals surface area contributed by atoms with Crippen LogP contribution in [-0.4, -0.2) is 26.1 Å². The predicted octanol–water partition coefficient (Wildman–Crippen LogP) is 3.28. The molecule has 0 aliphatic carbocycles. The van der Waals surface area contributed by atoms with Crippen LogP contribution in [0, 0.1) is 5.95 Å². The number of hydrogen-bond donors (Lipinski definition) is 0. The third kappa shape index (κ3) is 2.16. The molecule has 0 amide bonds. The fourth-order valence-electron chi connectivity index (χ4n) is 2.91. The van der Waals surface area contributed by atoms with Crippen molar-refractivity contribution in [1.29, 1.82) is 0 Å². The summed E-state index contributed by atoms with van der Waals surface area (Å²) in [4.78, 5) is 12.4. The minimum atomic E-state index is -0.524. The molecule has 112 valence electrons. The first-order chi connectivity index (χ1) is 10.8. The number of aromatic nitrogens is 4. The van der Waals surface area contributed by atoms with Crippen LogP contribution in [0.5, 0.6) is 0 Å². The molecule has 0 spiro atoms. The van der Waals surface area contributed by atoms with Gasteiger partial charge in [-0.2, -0.15) is 4.39 Å². The van der Waals surface area contributed by atoms with Gasteiger partial charge in [0, 0.05) is 24.6 Å². The van der Waals surface area contributed by atoms with E-state index >= 15 is 0 Å². The Morgan fingerprint density at radius 2 is 2.14 bits per heavy atom. The molecule has 0 radical (unpaired) electrons. The summed E-state index contributed by atoms with van der Waals surface area (Å²) in [6.07, 6.45) is 9.77. The molecule has 1 aromatic rings. The third-order valence-electron chi connectivity index (χ3n) is 4.00. The van der Waals surface area contributed by atoms with E-state index in [1.165, 1.54) is 6.20 Å². The van der Waals surface area contributed by atoms with Crippen molar-refractivity contribution in [3.63, 3.8) is 0 Å². The Labute approximate surface area is 127 Å². The van der Waals surface area contributed by atoms with Gasteiger partial charge in [-0.25, -0.2) is 9.97 Å². The second kappa shape index (κ2) is 5.46. The molecule has 1 saturated heterocycles. The molecule has 1 fully saturated rings. The van der Waals surface area contributed by atoms with Crippen molar-refractivity contribution in [3.8, 4) is 22.5 Å². The lowest BCUT2D eigenvalue weighted by atomic mass is 10.1. The zero-order chi connectivity index (χ0) is 14.9. The van der Waals surface area contributed by atoms with Crippen molar-refractivity contribution in [2.45, 2.75) is 25.5 Å². The van der Waals surface area contributed by atoms with Crippen LogP contribution in [0.15, 0.2) is 37.1 Å². The van der Waals surface area contributed by atoms with Crippen molar-refractivity contribution in [1.82, 2.24) is 19.5 Å². The second-order valence-electron chi connectivity index (χ2n) is 5.37. The fourth-order valence-corrected chi connectivity index (χ4v) is 2.91. The van der Waals surface area contributed by atoms with Crippen LogP contribution in [0.25, 0.3) is 22.5 Å². The first kappa shape index (κ1) is 13.3. The molecule has 0 saturated carbocycles. The van der Waals surface area contributed by atoms with Crippen LogP contribution in [0.1, 0.15) is 25.5 Å². The zero-order valence-electron chi connectivity index (χ0n) is 11.9. The Morgan fingerprint density at radius 1 is 1.18 bits per heavy atom. The fraction of sp³-hybridized carbons (Fsp3) is 0.312. The van der Waals surface area contributed by atoms with Gasteiger partial charge in [0.1, 0.15) is 6.23 Å². The van der Waals surface area contributed by atoms with Crippen LogP contribution in [-0.2, 0) is 4.74 Å². The minimum absolute atomic E-state index is 0.0271. The van der Waals surface area contributed by atoms with Crippen LogP contribution >= 0.6 is 0 Å². The molecule has 0 bridgehead atoms. The summed E-state index contributed by atoms with van der Waals surface area (Å²) in [7, 11) is 0. The largest absolute Gasteiger partial charge is 0.358 e. The molecule has 1 unspecified atom stereocenters. The van der Waals surface area contributed by atoms with Gasteiger partial charge in [-0.15, -0.1) is 0 Å². The number of nitrogens with zero attached hydrogens (tertiary/aromatic N) is 4. The first-order valence-electron chi connectivity index (χ1n) is 7.37.